The second-order valence-corrected chi connectivity index (χ2v) is 10.6. The molecule has 41 heavy (non-hydrogen) atoms. The summed E-state index contributed by atoms with van der Waals surface area (Å²) in [5.41, 5.74) is 4.76. The number of hydrogen-bond acceptors (Lipinski definition) is 4. The number of benzene rings is 1. The Balaban J connectivity index is 1.49. The minimum absolute atomic E-state index is 0.184. The Morgan fingerprint density at radius 1 is 1.17 bits per heavy atom. The lowest BCUT2D eigenvalue weighted by Gasteiger charge is -2.23. The second-order valence-electron chi connectivity index (χ2n) is 10.6. The van der Waals surface area contributed by atoms with Crippen molar-refractivity contribution in [3.05, 3.63) is 87.8 Å². The fourth-order valence-electron chi connectivity index (χ4n) is 5.94. The summed E-state index contributed by atoms with van der Waals surface area (Å²) < 4.78 is 61.6. The number of fused-ring (bicyclic) bond motifs is 1. The average molecular weight is 569 g/mol. The molecule has 1 aromatic carbocycles. The molecule has 2 aliphatic rings. The van der Waals surface area contributed by atoms with Crippen LogP contribution in [0.25, 0.3) is 11.1 Å². The maximum atomic E-state index is 13.9. The van der Waals surface area contributed by atoms with Crippen LogP contribution in [0.3, 0.4) is 0 Å². The molecule has 2 aromatic heterocycles. The third-order valence-electron chi connectivity index (χ3n) is 7.70. The smallest absolute Gasteiger partial charge is 0.435 e. The molecule has 0 saturated heterocycles. The molecule has 5 rings (SSSR count). The van der Waals surface area contributed by atoms with Gasteiger partial charge < -0.3 is 10.1 Å². The Bertz CT molecular complexity index is 1510. The number of nitrogens with one attached hydrogen (secondary N) is 1. The molecule has 10 heteroatoms. The Morgan fingerprint density at radius 3 is 2.56 bits per heavy atom. The summed E-state index contributed by atoms with van der Waals surface area (Å²) in [5.74, 6) is -0.111. The number of aromatic nitrogens is 3. The predicted octanol–water partition coefficient (Wildman–Crippen LogP) is 6.90. The summed E-state index contributed by atoms with van der Waals surface area (Å²) in [6.07, 6.45) is 2.79. The number of hydrogen-bond donors (Lipinski definition) is 1. The van der Waals surface area contributed by atoms with E-state index >= 15 is 0 Å². The minimum atomic E-state index is -4.59. The maximum absolute atomic E-state index is 13.9. The number of pyridine rings is 1. The van der Waals surface area contributed by atoms with Crippen LogP contribution in [0.2, 0.25) is 0 Å². The first kappa shape index (κ1) is 28.6. The number of halogens is 4. The topological polar surface area (TPSA) is 69.0 Å². The summed E-state index contributed by atoms with van der Waals surface area (Å²) in [5, 5.41) is 6.83. The number of ether oxygens (including phenoxy) is 1. The van der Waals surface area contributed by atoms with Crippen LogP contribution in [0, 0.1) is 13.8 Å². The summed E-state index contributed by atoms with van der Waals surface area (Å²) in [6.45, 7) is 3.57. The van der Waals surface area contributed by atoms with Crippen molar-refractivity contribution in [1.82, 2.24) is 20.1 Å². The number of rotatable bonds is 8. The van der Waals surface area contributed by atoms with Crippen molar-refractivity contribution in [3.63, 3.8) is 0 Å². The lowest BCUT2D eigenvalue weighted by molar-refractivity contribution is -0.142. The number of allylic oxidation sites excluding steroid dienone is 3. The van der Waals surface area contributed by atoms with Crippen molar-refractivity contribution in [2.45, 2.75) is 71.1 Å². The second kappa shape index (κ2) is 11.5. The highest BCUT2D eigenvalue weighted by Gasteiger charge is 2.39. The van der Waals surface area contributed by atoms with Gasteiger partial charge in [-0.1, -0.05) is 11.6 Å². The van der Waals surface area contributed by atoms with Gasteiger partial charge in [0, 0.05) is 23.0 Å². The highest BCUT2D eigenvalue weighted by Crippen LogP contribution is 2.38. The summed E-state index contributed by atoms with van der Waals surface area (Å²) in [7, 11) is 1.60. The highest BCUT2D eigenvalue weighted by molar-refractivity contribution is 5.78. The van der Waals surface area contributed by atoms with E-state index in [0.29, 0.717) is 43.5 Å². The molecule has 0 saturated carbocycles. The Labute approximate surface area is 236 Å². The number of aryl methyl sites for hydroxylation is 2. The van der Waals surface area contributed by atoms with Gasteiger partial charge in [-0.3, -0.25) is 14.5 Å². The van der Waals surface area contributed by atoms with Gasteiger partial charge in [-0.25, -0.2) is 4.39 Å². The molecule has 0 aliphatic heterocycles. The molecule has 0 spiro atoms. The van der Waals surface area contributed by atoms with Crippen molar-refractivity contribution in [2.24, 2.45) is 0 Å². The molecule has 6 nitrogen and oxygen atoms in total. The molecule has 2 heterocycles. The third-order valence-corrected chi connectivity index (χ3v) is 7.70. The van der Waals surface area contributed by atoms with Gasteiger partial charge in [0.1, 0.15) is 18.1 Å². The molecule has 0 fully saturated rings. The molecule has 1 N–H and O–H groups in total. The molecule has 1 unspecified atom stereocenters. The van der Waals surface area contributed by atoms with Crippen molar-refractivity contribution in [2.75, 3.05) is 7.11 Å². The molecule has 0 radical (unpaired) electrons. The first-order valence-electron chi connectivity index (χ1n) is 13.7. The van der Waals surface area contributed by atoms with Crippen LogP contribution in [0.15, 0.2) is 54.0 Å². The lowest BCUT2D eigenvalue weighted by Crippen LogP contribution is -2.33. The van der Waals surface area contributed by atoms with E-state index in [-0.39, 0.29) is 17.9 Å². The largest absolute Gasteiger partial charge is 0.497 e. The van der Waals surface area contributed by atoms with E-state index in [4.69, 9.17) is 4.74 Å². The SMILES string of the molecule is COc1cc(C)c(-c2cccnc2C(CC2=CC(F)=CC2)NC(=O)Cn2nc(C(F)(F)F)c3c2CCCC3)c(C)c1. The molecule has 216 valence electrons. The minimum Gasteiger partial charge on any atom is -0.497 e. The molecule has 1 amide bonds. The van der Waals surface area contributed by atoms with E-state index < -0.39 is 23.8 Å². The summed E-state index contributed by atoms with van der Waals surface area (Å²) in [4.78, 5) is 18.1. The Kier molecular flexibility index (Phi) is 8.02. The average Bonchev–Trinajstić information content (AvgIpc) is 3.51. The van der Waals surface area contributed by atoms with Crippen LogP contribution in [-0.2, 0) is 30.4 Å². The summed E-state index contributed by atoms with van der Waals surface area (Å²) >= 11 is 0. The molecular formula is C31H32F4N4O2. The van der Waals surface area contributed by atoms with Crippen LogP contribution < -0.4 is 10.1 Å². The number of alkyl halides is 3. The van der Waals surface area contributed by atoms with E-state index in [1.165, 1.54) is 16.8 Å². The van der Waals surface area contributed by atoms with Crippen molar-refractivity contribution < 1.29 is 27.1 Å². The van der Waals surface area contributed by atoms with Gasteiger partial charge >= 0.3 is 6.18 Å². The number of methoxy groups -OCH3 is 1. The highest BCUT2D eigenvalue weighted by atomic mass is 19.4. The normalized spacial score (nSPS) is 15.7. The van der Waals surface area contributed by atoms with Crippen LogP contribution >= 0.6 is 0 Å². The molecular weight excluding hydrogens is 536 g/mol. The number of amides is 1. The number of carbonyl (C=O) groups is 1. The summed E-state index contributed by atoms with van der Waals surface area (Å²) in [6, 6.07) is 6.92. The first-order chi connectivity index (χ1) is 19.5. The molecule has 2 aliphatic carbocycles. The maximum Gasteiger partial charge on any atom is 0.435 e. The van der Waals surface area contributed by atoms with Gasteiger partial charge in [0.05, 0.1) is 18.8 Å². The standard InChI is InChI=1S/C31H32F4N4O2/c1-18-13-22(41-3)14-19(2)28(18)24-8-6-12-36-29(24)25(16-20-10-11-21(32)15-20)37-27(40)17-39-26-9-5-4-7-23(26)30(38-39)31(33,34)35/h6,8,11-15,25H,4-5,7,9-10,16-17H2,1-3H3,(H,37,40). The van der Waals surface area contributed by atoms with E-state index in [1.54, 1.807) is 13.3 Å². The van der Waals surface area contributed by atoms with Crippen LogP contribution in [0.1, 0.15) is 65.5 Å². The van der Waals surface area contributed by atoms with Crippen molar-refractivity contribution in [1.29, 1.82) is 0 Å². The van der Waals surface area contributed by atoms with Crippen LogP contribution in [0.4, 0.5) is 17.6 Å². The van der Waals surface area contributed by atoms with E-state index in [0.717, 1.165) is 40.0 Å². The van der Waals surface area contributed by atoms with Gasteiger partial charge in [-0.15, -0.1) is 0 Å². The predicted molar refractivity (Wildman–Crippen MR) is 147 cm³/mol. The van der Waals surface area contributed by atoms with Crippen molar-refractivity contribution >= 4 is 5.91 Å². The van der Waals surface area contributed by atoms with E-state index in [9.17, 15) is 22.4 Å². The van der Waals surface area contributed by atoms with Gasteiger partial charge in [0.25, 0.3) is 0 Å². The molecule has 1 atom stereocenters. The Hall–Kier alpha value is -3.95. The van der Waals surface area contributed by atoms with Gasteiger partial charge in [0.2, 0.25) is 5.91 Å². The monoisotopic (exact) mass is 568 g/mol. The quantitative estimate of drug-likeness (QED) is 0.300. The van der Waals surface area contributed by atoms with Crippen molar-refractivity contribution in [3.8, 4) is 16.9 Å². The van der Waals surface area contributed by atoms with Gasteiger partial charge in [0.15, 0.2) is 5.69 Å². The zero-order valence-electron chi connectivity index (χ0n) is 23.2. The fourth-order valence-corrected chi connectivity index (χ4v) is 5.94. The number of carbonyl (C=O) groups excluding carboxylic acids is 1. The number of nitrogens with zero attached hydrogens (tertiary/aromatic N) is 3. The molecule has 0 bridgehead atoms. The third kappa shape index (κ3) is 6.06. The van der Waals surface area contributed by atoms with Crippen LogP contribution in [0.5, 0.6) is 5.75 Å². The van der Waals surface area contributed by atoms with E-state index in [2.05, 4.69) is 15.4 Å². The first-order valence-corrected chi connectivity index (χ1v) is 13.7. The zero-order valence-corrected chi connectivity index (χ0v) is 23.2. The van der Waals surface area contributed by atoms with E-state index in [1.807, 2.05) is 38.1 Å². The fraction of sp³-hybridized carbons (Fsp3) is 0.387. The lowest BCUT2D eigenvalue weighted by atomic mass is 9.90. The van der Waals surface area contributed by atoms with Gasteiger partial charge in [-0.2, -0.15) is 18.3 Å². The van der Waals surface area contributed by atoms with Crippen LogP contribution in [-0.4, -0.2) is 27.8 Å². The Morgan fingerprint density at radius 2 is 1.90 bits per heavy atom. The zero-order chi connectivity index (χ0) is 29.3. The van der Waals surface area contributed by atoms with Gasteiger partial charge in [-0.05, 0) is 99.4 Å². The molecule has 3 aromatic rings.